The van der Waals surface area contributed by atoms with Crippen LogP contribution in [0.15, 0.2) is 103 Å². The van der Waals surface area contributed by atoms with Crippen molar-refractivity contribution in [3.8, 4) is 33.4 Å². The third-order valence-corrected chi connectivity index (χ3v) is 8.01. The van der Waals surface area contributed by atoms with E-state index in [-0.39, 0.29) is 0 Å². The summed E-state index contributed by atoms with van der Waals surface area (Å²) in [5, 5.41) is 9.09. The van der Waals surface area contributed by atoms with Gasteiger partial charge in [0.15, 0.2) is 0 Å². The van der Waals surface area contributed by atoms with Gasteiger partial charge in [-0.05, 0) is 97.7 Å². The first-order valence-corrected chi connectivity index (χ1v) is 12.6. The third kappa shape index (κ3) is 2.52. The van der Waals surface area contributed by atoms with Gasteiger partial charge in [0, 0.05) is 17.1 Å². The molecule has 0 N–H and O–H groups in total. The number of rotatable bonds is 1. The number of fused-ring (bicyclic) bond motifs is 8. The van der Waals surface area contributed by atoms with Crippen LogP contribution in [0.2, 0.25) is 0 Å². The molecular weight excluding hydrogens is 434 g/mol. The number of aromatic nitrogens is 1. The fourth-order valence-electron chi connectivity index (χ4n) is 6.41. The van der Waals surface area contributed by atoms with Crippen molar-refractivity contribution in [3.05, 3.63) is 114 Å². The molecule has 8 rings (SSSR count). The van der Waals surface area contributed by atoms with E-state index in [9.17, 15) is 0 Å². The average Bonchev–Trinajstić information content (AvgIpc) is 3.25. The van der Waals surface area contributed by atoms with E-state index in [1.54, 1.807) is 0 Å². The smallest absolute Gasteiger partial charge is 0.0780 e. The van der Waals surface area contributed by atoms with Gasteiger partial charge in [0.2, 0.25) is 0 Å². The number of hydrogen-bond acceptors (Lipinski definition) is 1. The lowest BCUT2D eigenvalue weighted by molar-refractivity contribution is 1.41. The summed E-state index contributed by atoms with van der Waals surface area (Å²) < 4.78 is 0. The van der Waals surface area contributed by atoms with Crippen LogP contribution in [-0.4, -0.2) is 4.98 Å². The molecule has 0 aliphatic heterocycles. The minimum absolute atomic E-state index is 1.05. The van der Waals surface area contributed by atoms with Crippen LogP contribution < -0.4 is 0 Å². The fraction of sp³-hybridized carbons (Fsp3) is 0.0571. The van der Waals surface area contributed by atoms with Crippen LogP contribution in [0, 0.1) is 13.8 Å². The van der Waals surface area contributed by atoms with E-state index in [2.05, 4.69) is 105 Å². The van der Waals surface area contributed by atoms with Crippen LogP contribution in [0.1, 0.15) is 11.1 Å². The topological polar surface area (TPSA) is 12.9 Å². The van der Waals surface area contributed by atoms with Gasteiger partial charge in [-0.25, -0.2) is 0 Å². The van der Waals surface area contributed by atoms with E-state index >= 15 is 0 Å². The van der Waals surface area contributed by atoms with Gasteiger partial charge in [-0.3, -0.25) is 4.98 Å². The van der Waals surface area contributed by atoms with Crippen molar-refractivity contribution in [2.45, 2.75) is 13.8 Å². The maximum atomic E-state index is 4.81. The molecule has 0 radical (unpaired) electrons. The van der Waals surface area contributed by atoms with Crippen molar-refractivity contribution in [1.82, 2.24) is 4.98 Å². The first kappa shape index (κ1) is 19.8. The van der Waals surface area contributed by atoms with Crippen molar-refractivity contribution >= 4 is 43.2 Å². The van der Waals surface area contributed by atoms with Crippen molar-refractivity contribution < 1.29 is 0 Å². The van der Waals surface area contributed by atoms with E-state index in [4.69, 9.17) is 4.98 Å². The molecule has 0 atom stereocenters. The molecule has 1 aromatic heterocycles. The SMILES string of the molecule is Cc1ccc2c(c1)c(-c1cccc3cccnc13)cc1c3ccc(C)c4c3c(cc21)-c1ccccc1-4. The van der Waals surface area contributed by atoms with Crippen LogP contribution in [-0.2, 0) is 0 Å². The van der Waals surface area contributed by atoms with Crippen molar-refractivity contribution in [2.24, 2.45) is 0 Å². The summed E-state index contributed by atoms with van der Waals surface area (Å²) in [5.74, 6) is 0. The molecule has 7 aromatic rings. The van der Waals surface area contributed by atoms with Gasteiger partial charge in [-0.2, -0.15) is 0 Å². The second kappa shape index (κ2) is 7.02. The molecule has 1 heteroatoms. The molecule has 1 nitrogen and oxygen atoms in total. The maximum Gasteiger partial charge on any atom is 0.0780 e. The minimum atomic E-state index is 1.05. The Kier molecular flexibility index (Phi) is 3.86. The second-order valence-corrected chi connectivity index (χ2v) is 10.1. The number of pyridine rings is 1. The summed E-state index contributed by atoms with van der Waals surface area (Å²) in [6, 6.07) is 35.9. The molecule has 0 bridgehead atoms. The second-order valence-electron chi connectivity index (χ2n) is 10.1. The lowest BCUT2D eigenvalue weighted by atomic mass is 9.87. The number of hydrogen-bond donors (Lipinski definition) is 0. The van der Waals surface area contributed by atoms with E-state index in [1.165, 1.54) is 82.2 Å². The highest BCUT2D eigenvalue weighted by atomic mass is 14.6. The van der Waals surface area contributed by atoms with Gasteiger partial charge in [0.25, 0.3) is 0 Å². The summed E-state index contributed by atoms with van der Waals surface area (Å²) in [6.45, 7) is 4.42. The molecule has 0 spiro atoms. The first-order valence-electron chi connectivity index (χ1n) is 12.6. The predicted molar refractivity (Wildman–Crippen MR) is 154 cm³/mol. The Balaban J connectivity index is 1.60. The summed E-state index contributed by atoms with van der Waals surface area (Å²) in [5.41, 5.74) is 11.5. The van der Waals surface area contributed by atoms with Crippen molar-refractivity contribution in [3.63, 3.8) is 0 Å². The Labute approximate surface area is 209 Å². The highest BCUT2D eigenvalue weighted by Gasteiger charge is 2.25. The zero-order chi connectivity index (χ0) is 24.0. The monoisotopic (exact) mass is 457 g/mol. The molecule has 0 fully saturated rings. The normalized spacial score (nSPS) is 12.2. The Morgan fingerprint density at radius 2 is 1.25 bits per heavy atom. The summed E-state index contributed by atoms with van der Waals surface area (Å²) in [6.07, 6.45) is 1.90. The van der Waals surface area contributed by atoms with Gasteiger partial charge in [0.1, 0.15) is 0 Å². The molecule has 1 aliphatic rings. The predicted octanol–water partition coefficient (Wildman–Crippen LogP) is 9.63. The molecule has 1 heterocycles. The molecule has 0 unspecified atom stereocenters. The van der Waals surface area contributed by atoms with Gasteiger partial charge in [-0.1, -0.05) is 84.4 Å². The highest BCUT2D eigenvalue weighted by molar-refractivity contribution is 6.29. The number of benzene rings is 6. The Morgan fingerprint density at radius 3 is 2.17 bits per heavy atom. The summed E-state index contributed by atoms with van der Waals surface area (Å²) >= 11 is 0. The number of nitrogens with zero attached hydrogens (tertiary/aromatic N) is 1. The van der Waals surface area contributed by atoms with Crippen LogP contribution >= 0.6 is 0 Å². The number of aryl methyl sites for hydroxylation is 2. The van der Waals surface area contributed by atoms with Gasteiger partial charge >= 0.3 is 0 Å². The van der Waals surface area contributed by atoms with E-state index in [1.807, 2.05) is 12.3 Å². The zero-order valence-corrected chi connectivity index (χ0v) is 20.3. The quantitative estimate of drug-likeness (QED) is 0.224. The molecular formula is C35H23N. The molecule has 36 heavy (non-hydrogen) atoms. The van der Waals surface area contributed by atoms with Gasteiger partial charge < -0.3 is 0 Å². The largest absolute Gasteiger partial charge is 0.256 e. The van der Waals surface area contributed by atoms with E-state index in [0.29, 0.717) is 0 Å². The molecule has 168 valence electrons. The summed E-state index contributed by atoms with van der Waals surface area (Å²) in [7, 11) is 0. The molecule has 6 aromatic carbocycles. The maximum absolute atomic E-state index is 4.81. The van der Waals surface area contributed by atoms with Crippen LogP contribution in [0.25, 0.3) is 76.6 Å². The van der Waals surface area contributed by atoms with Crippen molar-refractivity contribution in [2.75, 3.05) is 0 Å². The van der Waals surface area contributed by atoms with Crippen LogP contribution in [0.4, 0.5) is 0 Å². The Bertz CT molecular complexity index is 2060. The summed E-state index contributed by atoms with van der Waals surface area (Å²) in [4.78, 5) is 4.81. The lowest BCUT2D eigenvalue weighted by Crippen LogP contribution is -1.90. The van der Waals surface area contributed by atoms with Crippen LogP contribution in [0.5, 0.6) is 0 Å². The van der Waals surface area contributed by atoms with Gasteiger partial charge in [0.05, 0.1) is 5.52 Å². The molecule has 0 saturated carbocycles. The average molecular weight is 458 g/mol. The molecule has 1 aliphatic carbocycles. The van der Waals surface area contributed by atoms with E-state index < -0.39 is 0 Å². The van der Waals surface area contributed by atoms with E-state index in [0.717, 1.165) is 5.52 Å². The zero-order valence-electron chi connectivity index (χ0n) is 20.3. The highest BCUT2D eigenvalue weighted by Crippen LogP contribution is 2.52. The Hall–Kier alpha value is -4.49. The minimum Gasteiger partial charge on any atom is -0.256 e. The fourth-order valence-corrected chi connectivity index (χ4v) is 6.41. The first-order chi connectivity index (χ1) is 17.7. The Morgan fingerprint density at radius 1 is 0.500 bits per heavy atom. The van der Waals surface area contributed by atoms with Crippen LogP contribution in [0.3, 0.4) is 0 Å². The van der Waals surface area contributed by atoms with Gasteiger partial charge in [-0.15, -0.1) is 0 Å². The lowest BCUT2D eigenvalue weighted by Gasteiger charge is -2.16. The standard InChI is InChI=1S/C35H23N/c1-20-12-14-24-28(17-20)31(27-11-5-7-22-8-6-16-36-35(22)27)18-30-26-15-13-21(2)33-25-10-4-3-9-23(25)32(34(26)33)19-29(24)30/h3-19H,1-2H3. The van der Waals surface area contributed by atoms with Crippen molar-refractivity contribution in [1.29, 1.82) is 0 Å². The number of para-hydroxylation sites is 1. The molecule has 0 amide bonds. The molecule has 0 saturated heterocycles. The third-order valence-electron chi connectivity index (χ3n) is 8.01.